The van der Waals surface area contributed by atoms with Gasteiger partial charge in [0.05, 0.1) is 38.8 Å². The van der Waals surface area contributed by atoms with Crippen molar-refractivity contribution in [1.82, 2.24) is 5.32 Å². The summed E-state index contributed by atoms with van der Waals surface area (Å²) in [5.41, 5.74) is 1.34. The minimum atomic E-state index is -0.492. The van der Waals surface area contributed by atoms with Gasteiger partial charge in [0.25, 0.3) is 11.8 Å². The van der Waals surface area contributed by atoms with Crippen LogP contribution in [0.4, 0.5) is 5.69 Å². The lowest BCUT2D eigenvalue weighted by Crippen LogP contribution is -2.25. The maximum absolute atomic E-state index is 12.9. The first kappa shape index (κ1) is 20.8. The van der Waals surface area contributed by atoms with Crippen molar-refractivity contribution < 1.29 is 28.2 Å². The molecule has 156 valence electrons. The van der Waals surface area contributed by atoms with E-state index in [4.69, 9.17) is 18.6 Å². The average Bonchev–Trinajstić information content (AvgIpc) is 3.32. The van der Waals surface area contributed by atoms with Crippen LogP contribution in [0.25, 0.3) is 0 Å². The Kier molecular flexibility index (Phi) is 6.59. The van der Waals surface area contributed by atoms with Crippen LogP contribution in [0.15, 0.2) is 59.2 Å². The molecule has 8 nitrogen and oxygen atoms in total. The van der Waals surface area contributed by atoms with Crippen molar-refractivity contribution in [3.05, 3.63) is 71.7 Å². The standard InChI is InChI=1S/C22H22N2O6/c1-27-15-7-4-6-14(10-15)13-23-21(25)16-11-19(28-2)20(29-3)12-17(16)24-22(26)18-8-5-9-30-18/h4-12H,13H2,1-3H3,(H,23,25)(H,24,26). The van der Waals surface area contributed by atoms with Gasteiger partial charge in [-0.05, 0) is 35.9 Å². The van der Waals surface area contributed by atoms with Crippen LogP contribution in [-0.4, -0.2) is 33.1 Å². The molecule has 1 heterocycles. The molecule has 0 saturated carbocycles. The molecule has 30 heavy (non-hydrogen) atoms. The van der Waals surface area contributed by atoms with E-state index in [9.17, 15) is 9.59 Å². The Morgan fingerprint density at radius 1 is 0.900 bits per heavy atom. The molecule has 0 fully saturated rings. The fraction of sp³-hybridized carbons (Fsp3) is 0.182. The Balaban J connectivity index is 1.86. The molecule has 0 bridgehead atoms. The molecule has 0 radical (unpaired) electrons. The first-order valence-corrected chi connectivity index (χ1v) is 9.07. The highest BCUT2D eigenvalue weighted by molar-refractivity contribution is 6.08. The number of amides is 2. The molecular weight excluding hydrogens is 388 g/mol. The van der Waals surface area contributed by atoms with Gasteiger partial charge in [0.1, 0.15) is 5.75 Å². The summed E-state index contributed by atoms with van der Waals surface area (Å²) in [5.74, 6) is 0.658. The number of carbonyl (C=O) groups excluding carboxylic acids is 2. The molecule has 0 saturated heterocycles. The summed E-state index contributed by atoms with van der Waals surface area (Å²) in [7, 11) is 4.52. The average molecular weight is 410 g/mol. The molecule has 0 spiro atoms. The molecule has 0 unspecified atom stereocenters. The van der Waals surface area contributed by atoms with Crippen molar-refractivity contribution in [2.24, 2.45) is 0 Å². The van der Waals surface area contributed by atoms with Gasteiger partial charge < -0.3 is 29.3 Å². The number of benzene rings is 2. The lowest BCUT2D eigenvalue weighted by atomic mass is 10.1. The molecule has 3 rings (SSSR count). The predicted octanol–water partition coefficient (Wildman–Crippen LogP) is 3.49. The highest BCUT2D eigenvalue weighted by atomic mass is 16.5. The molecule has 2 amide bonds. The largest absolute Gasteiger partial charge is 0.497 e. The maximum atomic E-state index is 12.9. The summed E-state index contributed by atoms with van der Waals surface area (Å²) in [6.45, 7) is 0.274. The Bertz CT molecular complexity index is 1030. The van der Waals surface area contributed by atoms with E-state index in [1.165, 1.54) is 38.7 Å². The molecule has 0 aliphatic heterocycles. The maximum Gasteiger partial charge on any atom is 0.291 e. The summed E-state index contributed by atoms with van der Waals surface area (Å²) in [4.78, 5) is 25.3. The summed E-state index contributed by atoms with van der Waals surface area (Å²) >= 11 is 0. The Morgan fingerprint density at radius 2 is 1.67 bits per heavy atom. The second kappa shape index (κ2) is 9.51. The second-order valence-corrected chi connectivity index (χ2v) is 6.22. The third-order valence-corrected chi connectivity index (χ3v) is 4.35. The van der Waals surface area contributed by atoms with Crippen molar-refractivity contribution >= 4 is 17.5 Å². The lowest BCUT2D eigenvalue weighted by Gasteiger charge is -2.15. The van der Waals surface area contributed by atoms with Crippen molar-refractivity contribution in [1.29, 1.82) is 0 Å². The van der Waals surface area contributed by atoms with Gasteiger partial charge in [0, 0.05) is 12.6 Å². The number of hydrogen-bond acceptors (Lipinski definition) is 6. The van der Waals surface area contributed by atoms with E-state index in [1.807, 2.05) is 24.3 Å². The number of carbonyl (C=O) groups is 2. The van der Waals surface area contributed by atoms with E-state index in [2.05, 4.69) is 10.6 Å². The normalized spacial score (nSPS) is 10.2. The molecule has 2 N–H and O–H groups in total. The summed E-state index contributed by atoms with van der Waals surface area (Å²) in [5, 5.41) is 5.53. The van der Waals surface area contributed by atoms with Gasteiger partial charge in [-0.3, -0.25) is 9.59 Å². The molecule has 8 heteroatoms. The highest BCUT2D eigenvalue weighted by Crippen LogP contribution is 2.33. The van der Waals surface area contributed by atoms with Crippen LogP contribution in [0, 0.1) is 0 Å². The van der Waals surface area contributed by atoms with Crippen LogP contribution >= 0.6 is 0 Å². The van der Waals surface area contributed by atoms with Crippen LogP contribution in [-0.2, 0) is 6.54 Å². The molecular formula is C22H22N2O6. The van der Waals surface area contributed by atoms with E-state index in [0.29, 0.717) is 17.2 Å². The van der Waals surface area contributed by atoms with Crippen LogP contribution < -0.4 is 24.8 Å². The van der Waals surface area contributed by atoms with Gasteiger partial charge in [-0.1, -0.05) is 12.1 Å². The Morgan fingerprint density at radius 3 is 2.33 bits per heavy atom. The molecule has 0 aliphatic carbocycles. The number of ether oxygens (including phenoxy) is 3. The van der Waals surface area contributed by atoms with Crippen LogP contribution in [0.5, 0.6) is 17.2 Å². The second-order valence-electron chi connectivity index (χ2n) is 6.22. The van der Waals surface area contributed by atoms with Crippen molar-refractivity contribution in [3.63, 3.8) is 0 Å². The molecule has 1 aromatic heterocycles. The zero-order valence-electron chi connectivity index (χ0n) is 16.9. The van der Waals surface area contributed by atoms with E-state index in [1.54, 1.807) is 13.2 Å². The Labute approximate surface area is 173 Å². The summed E-state index contributed by atoms with van der Waals surface area (Å²) < 4.78 is 20.9. The number of methoxy groups -OCH3 is 3. The first-order valence-electron chi connectivity index (χ1n) is 9.07. The van der Waals surface area contributed by atoms with E-state index in [0.717, 1.165) is 5.56 Å². The monoisotopic (exact) mass is 410 g/mol. The number of rotatable bonds is 8. The molecule has 2 aromatic carbocycles. The first-order chi connectivity index (χ1) is 14.5. The molecule has 0 atom stereocenters. The quantitative estimate of drug-likeness (QED) is 0.590. The summed E-state index contributed by atoms with van der Waals surface area (Å²) in [6.07, 6.45) is 1.39. The Hall–Kier alpha value is -3.94. The smallest absolute Gasteiger partial charge is 0.291 e. The molecule has 0 aliphatic rings. The minimum absolute atomic E-state index is 0.118. The van der Waals surface area contributed by atoms with Crippen molar-refractivity contribution in [2.45, 2.75) is 6.54 Å². The molecule has 3 aromatic rings. The topological polar surface area (TPSA) is 99.0 Å². The van der Waals surface area contributed by atoms with Gasteiger partial charge in [0.15, 0.2) is 17.3 Å². The van der Waals surface area contributed by atoms with Crippen LogP contribution in [0.2, 0.25) is 0 Å². The number of anilines is 1. The van der Waals surface area contributed by atoms with E-state index < -0.39 is 11.8 Å². The number of nitrogens with one attached hydrogen (secondary N) is 2. The zero-order chi connectivity index (χ0) is 21.5. The van der Waals surface area contributed by atoms with E-state index in [-0.39, 0.29) is 23.6 Å². The fourth-order valence-corrected chi connectivity index (χ4v) is 2.82. The van der Waals surface area contributed by atoms with Gasteiger partial charge >= 0.3 is 0 Å². The SMILES string of the molecule is COc1cccc(CNC(=O)c2cc(OC)c(OC)cc2NC(=O)c2ccco2)c1. The lowest BCUT2D eigenvalue weighted by molar-refractivity contribution is 0.0951. The van der Waals surface area contributed by atoms with Gasteiger partial charge in [-0.25, -0.2) is 0 Å². The van der Waals surface area contributed by atoms with Crippen LogP contribution in [0.3, 0.4) is 0 Å². The fourth-order valence-electron chi connectivity index (χ4n) is 2.82. The van der Waals surface area contributed by atoms with Gasteiger partial charge in [0.2, 0.25) is 0 Å². The van der Waals surface area contributed by atoms with Gasteiger partial charge in [-0.15, -0.1) is 0 Å². The van der Waals surface area contributed by atoms with Gasteiger partial charge in [-0.2, -0.15) is 0 Å². The summed E-state index contributed by atoms with van der Waals surface area (Å²) in [6, 6.07) is 13.5. The van der Waals surface area contributed by atoms with Crippen molar-refractivity contribution in [3.8, 4) is 17.2 Å². The predicted molar refractivity (Wildman–Crippen MR) is 110 cm³/mol. The highest BCUT2D eigenvalue weighted by Gasteiger charge is 2.20. The number of furan rings is 1. The zero-order valence-corrected chi connectivity index (χ0v) is 16.9. The van der Waals surface area contributed by atoms with Crippen LogP contribution in [0.1, 0.15) is 26.5 Å². The van der Waals surface area contributed by atoms with E-state index >= 15 is 0 Å². The van der Waals surface area contributed by atoms with Crippen molar-refractivity contribution in [2.75, 3.05) is 26.6 Å². The number of hydrogen-bond donors (Lipinski definition) is 2. The minimum Gasteiger partial charge on any atom is -0.497 e. The third-order valence-electron chi connectivity index (χ3n) is 4.35. The third kappa shape index (κ3) is 4.72.